The molecule has 0 atom stereocenters. The highest BCUT2D eigenvalue weighted by Crippen LogP contribution is 2.31. The van der Waals surface area contributed by atoms with Gasteiger partial charge in [0.1, 0.15) is 5.69 Å². The van der Waals surface area contributed by atoms with Crippen molar-refractivity contribution in [1.82, 2.24) is 15.5 Å². The third kappa shape index (κ3) is 5.13. The van der Waals surface area contributed by atoms with E-state index in [0.29, 0.717) is 31.4 Å². The van der Waals surface area contributed by atoms with Gasteiger partial charge in [0.25, 0.3) is 5.91 Å². The molecule has 1 saturated carbocycles. The van der Waals surface area contributed by atoms with Crippen LogP contribution in [-0.4, -0.2) is 47.6 Å². The van der Waals surface area contributed by atoms with Crippen LogP contribution in [0.5, 0.6) is 0 Å². The van der Waals surface area contributed by atoms with E-state index in [1.807, 2.05) is 6.07 Å². The first kappa shape index (κ1) is 16.0. The molecule has 21 heavy (non-hydrogen) atoms. The molecule has 6 nitrogen and oxygen atoms in total. The average molecular weight is 295 g/mol. The first-order valence-corrected chi connectivity index (χ1v) is 7.83. The molecule has 3 N–H and O–H groups in total. The minimum Gasteiger partial charge on any atom is -0.394 e. The Morgan fingerprint density at radius 1 is 1.38 bits per heavy atom. The maximum absolute atomic E-state index is 12.0. The highest BCUT2D eigenvalue weighted by atomic mass is 16.5. The van der Waals surface area contributed by atoms with Crippen molar-refractivity contribution in [3.8, 4) is 0 Å². The quantitative estimate of drug-likeness (QED) is 0.636. The minimum atomic E-state index is -0.143. The molecule has 0 spiro atoms. The summed E-state index contributed by atoms with van der Waals surface area (Å²) in [7, 11) is 0. The van der Waals surface area contributed by atoms with Gasteiger partial charge in [-0.3, -0.25) is 9.89 Å². The minimum absolute atomic E-state index is 0.0313. The number of amides is 1. The molecule has 1 aliphatic carbocycles. The molecule has 1 heterocycles. The Hall–Kier alpha value is -1.40. The number of carbonyl (C=O) groups excluding carboxylic acids is 1. The molecule has 1 aromatic rings. The lowest BCUT2D eigenvalue weighted by molar-refractivity contribution is 0.0865. The lowest BCUT2D eigenvalue weighted by Gasteiger charge is -2.19. The Balaban J connectivity index is 1.71. The van der Waals surface area contributed by atoms with Crippen LogP contribution in [0.3, 0.4) is 0 Å². The van der Waals surface area contributed by atoms with E-state index in [1.165, 1.54) is 32.1 Å². The van der Waals surface area contributed by atoms with Gasteiger partial charge in [-0.1, -0.05) is 19.3 Å². The summed E-state index contributed by atoms with van der Waals surface area (Å²) in [5.41, 5.74) is 1.55. The van der Waals surface area contributed by atoms with Gasteiger partial charge in [-0.25, -0.2) is 0 Å². The SMILES string of the molecule is O=C(NCCCOCCO)c1cc(C2CCCCC2)[nH]n1. The Kier molecular flexibility index (Phi) is 6.69. The molecule has 0 unspecified atom stereocenters. The highest BCUT2D eigenvalue weighted by Gasteiger charge is 2.19. The summed E-state index contributed by atoms with van der Waals surface area (Å²) in [5, 5.41) is 18.5. The van der Waals surface area contributed by atoms with E-state index in [1.54, 1.807) is 0 Å². The third-order valence-electron chi connectivity index (χ3n) is 3.86. The number of aliphatic hydroxyl groups excluding tert-OH is 1. The third-order valence-corrected chi connectivity index (χ3v) is 3.86. The van der Waals surface area contributed by atoms with Crippen molar-refractivity contribution in [2.75, 3.05) is 26.4 Å². The first-order valence-electron chi connectivity index (χ1n) is 7.83. The lowest BCUT2D eigenvalue weighted by atomic mass is 9.87. The van der Waals surface area contributed by atoms with Crippen LogP contribution in [0.1, 0.15) is 60.6 Å². The second-order valence-electron chi connectivity index (χ2n) is 5.49. The van der Waals surface area contributed by atoms with Crippen LogP contribution in [0, 0.1) is 0 Å². The topological polar surface area (TPSA) is 87.2 Å². The molecule has 0 saturated heterocycles. The Morgan fingerprint density at radius 2 is 2.19 bits per heavy atom. The van der Waals surface area contributed by atoms with Crippen LogP contribution in [0.4, 0.5) is 0 Å². The molecular formula is C15H25N3O3. The van der Waals surface area contributed by atoms with Crippen molar-refractivity contribution in [3.05, 3.63) is 17.5 Å². The van der Waals surface area contributed by atoms with Gasteiger partial charge < -0.3 is 15.2 Å². The fourth-order valence-electron chi connectivity index (χ4n) is 2.71. The van der Waals surface area contributed by atoms with E-state index in [0.717, 1.165) is 12.1 Å². The second-order valence-corrected chi connectivity index (χ2v) is 5.49. The first-order chi connectivity index (χ1) is 10.3. The van der Waals surface area contributed by atoms with Crippen molar-refractivity contribution < 1.29 is 14.6 Å². The fourth-order valence-corrected chi connectivity index (χ4v) is 2.71. The normalized spacial score (nSPS) is 16.0. The van der Waals surface area contributed by atoms with E-state index >= 15 is 0 Å². The molecule has 0 aliphatic heterocycles. The Morgan fingerprint density at radius 3 is 2.95 bits per heavy atom. The van der Waals surface area contributed by atoms with Gasteiger partial charge in [-0.15, -0.1) is 0 Å². The zero-order valence-corrected chi connectivity index (χ0v) is 12.4. The summed E-state index contributed by atoms with van der Waals surface area (Å²) in [6.45, 7) is 1.46. The molecule has 0 radical (unpaired) electrons. The summed E-state index contributed by atoms with van der Waals surface area (Å²) in [6, 6.07) is 1.88. The maximum Gasteiger partial charge on any atom is 0.271 e. The van der Waals surface area contributed by atoms with E-state index < -0.39 is 0 Å². The van der Waals surface area contributed by atoms with Gasteiger partial charge in [0, 0.05) is 24.8 Å². The van der Waals surface area contributed by atoms with Gasteiger partial charge in [0.15, 0.2) is 0 Å². The number of hydrogen-bond donors (Lipinski definition) is 3. The zero-order valence-electron chi connectivity index (χ0n) is 12.4. The number of carbonyl (C=O) groups is 1. The van der Waals surface area contributed by atoms with Gasteiger partial charge in [-0.05, 0) is 25.3 Å². The Bertz CT molecular complexity index is 428. The largest absolute Gasteiger partial charge is 0.394 e. The van der Waals surface area contributed by atoms with Gasteiger partial charge in [0.2, 0.25) is 0 Å². The monoisotopic (exact) mass is 295 g/mol. The molecule has 1 aromatic heterocycles. The van der Waals surface area contributed by atoms with E-state index in [9.17, 15) is 4.79 Å². The number of nitrogens with zero attached hydrogens (tertiary/aromatic N) is 1. The van der Waals surface area contributed by atoms with Crippen LogP contribution >= 0.6 is 0 Å². The molecule has 6 heteroatoms. The van der Waals surface area contributed by atoms with Crippen molar-refractivity contribution in [2.24, 2.45) is 0 Å². The molecule has 0 bridgehead atoms. The Labute approximate surface area is 125 Å². The average Bonchev–Trinajstić information content (AvgIpc) is 3.01. The fraction of sp³-hybridized carbons (Fsp3) is 0.733. The maximum atomic E-state index is 12.0. The summed E-state index contributed by atoms with van der Waals surface area (Å²) < 4.78 is 5.13. The number of aromatic amines is 1. The van der Waals surface area contributed by atoms with Crippen LogP contribution in [-0.2, 0) is 4.74 Å². The van der Waals surface area contributed by atoms with E-state index in [-0.39, 0.29) is 12.5 Å². The smallest absolute Gasteiger partial charge is 0.271 e. The summed E-state index contributed by atoms with van der Waals surface area (Å²) in [4.78, 5) is 12.0. The summed E-state index contributed by atoms with van der Waals surface area (Å²) in [6.07, 6.45) is 6.94. The highest BCUT2D eigenvalue weighted by molar-refractivity contribution is 5.92. The number of nitrogens with one attached hydrogen (secondary N) is 2. The molecule has 1 fully saturated rings. The van der Waals surface area contributed by atoms with Crippen LogP contribution in [0.15, 0.2) is 6.07 Å². The molecule has 2 rings (SSSR count). The van der Waals surface area contributed by atoms with Gasteiger partial charge >= 0.3 is 0 Å². The lowest BCUT2D eigenvalue weighted by Crippen LogP contribution is -2.25. The number of aliphatic hydroxyl groups is 1. The number of H-pyrrole nitrogens is 1. The van der Waals surface area contributed by atoms with E-state index in [2.05, 4.69) is 15.5 Å². The molecule has 0 aromatic carbocycles. The van der Waals surface area contributed by atoms with E-state index in [4.69, 9.17) is 9.84 Å². The second kappa shape index (κ2) is 8.79. The molecule has 1 amide bonds. The number of ether oxygens (including phenoxy) is 1. The predicted octanol–water partition coefficient (Wildman–Crippen LogP) is 1.59. The summed E-state index contributed by atoms with van der Waals surface area (Å²) in [5.74, 6) is 0.384. The summed E-state index contributed by atoms with van der Waals surface area (Å²) >= 11 is 0. The number of hydrogen-bond acceptors (Lipinski definition) is 4. The molecular weight excluding hydrogens is 270 g/mol. The molecule has 1 aliphatic rings. The predicted molar refractivity (Wildman–Crippen MR) is 79.3 cm³/mol. The van der Waals surface area contributed by atoms with Crippen molar-refractivity contribution >= 4 is 5.91 Å². The van der Waals surface area contributed by atoms with Gasteiger partial charge in [-0.2, -0.15) is 5.10 Å². The van der Waals surface area contributed by atoms with Crippen LogP contribution in [0.2, 0.25) is 0 Å². The van der Waals surface area contributed by atoms with Gasteiger partial charge in [0.05, 0.1) is 13.2 Å². The number of rotatable bonds is 8. The molecule has 118 valence electrons. The van der Waals surface area contributed by atoms with Crippen LogP contribution < -0.4 is 5.32 Å². The van der Waals surface area contributed by atoms with Crippen molar-refractivity contribution in [3.63, 3.8) is 0 Å². The van der Waals surface area contributed by atoms with Crippen molar-refractivity contribution in [2.45, 2.75) is 44.4 Å². The number of aromatic nitrogens is 2. The standard InChI is InChI=1S/C15H25N3O3/c19-8-10-21-9-4-7-16-15(20)14-11-13(17-18-14)12-5-2-1-3-6-12/h11-12,19H,1-10H2,(H,16,20)(H,17,18). The van der Waals surface area contributed by atoms with Crippen LogP contribution in [0.25, 0.3) is 0 Å². The van der Waals surface area contributed by atoms with Crippen molar-refractivity contribution in [1.29, 1.82) is 0 Å². The zero-order chi connectivity index (χ0) is 14.9.